The van der Waals surface area contributed by atoms with Gasteiger partial charge >= 0.3 is 0 Å². The lowest BCUT2D eigenvalue weighted by Crippen LogP contribution is -2.37. The van der Waals surface area contributed by atoms with Crippen LogP contribution in [0.4, 0.5) is 5.69 Å². The second kappa shape index (κ2) is 7.37. The second-order valence-electron chi connectivity index (χ2n) is 7.47. The van der Waals surface area contributed by atoms with E-state index >= 15 is 0 Å². The molecule has 0 aliphatic carbocycles. The van der Waals surface area contributed by atoms with E-state index < -0.39 is 9.84 Å². The third kappa shape index (κ3) is 4.00. The molecule has 4 rings (SSSR count). The van der Waals surface area contributed by atoms with Crippen molar-refractivity contribution in [2.24, 2.45) is 4.99 Å². The third-order valence-corrected chi connectivity index (χ3v) is 8.18. The van der Waals surface area contributed by atoms with Crippen molar-refractivity contribution < 1.29 is 13.2 Å². The van der Waals surface area contributed by atoms with Crippen molar-refractivity contribution in [2.45, 2.75) is 31.6 Å². The number of nitrogens with zero attached hydrogens (tertiary/aromatic N) is 2. The molecular weight excluding hydrogens is 392 g/mol. The summed E-state index contributed by atoms with van der Waals surface area (Å²) in [6.45, 7) is 4.03. The molecule has 2 aromatic rings. The number of fused-ring (bicyclic) bond motifs is 1. The fourth-order valence-electron chi connectivity index (χ4n) is 3.87. The molecule has 0 saturated carbocycles. The number of rotatable bonds is 3. The first-order chi connectivity index (χ1) is 13.3. The van der Waals surface area contributed by atoms with Crippen molar-refractivity contribution in [3.63, 3.8) is 0 Å². The molecule has 0 radical (unpaired) electrons. The molecule has 0 bridgehead atoms. The van der Waals surface area contributed by atoms with Crippen molar-refractivity contribution in [1.29, 1.82) is 0 Å². The fraction of sp³-hybridized carbons (Fsp3) is 0.333. The normalized spacial score (nSPS) is 24.5. The minimum Gasteiger partial charge on any atom is -0.316 e. The topological polar surface area (TPSA) is 66.8 Å². The molecule has 2 saturated heterocycles. The van der Waals surface area contributed by atoms with Gasteiger partial charge in [0.1, 0.15) is 0 Å². The van der Waals surface area contributed by atoms with Gasteiger partial charge in [0.2, 0.25) is 0 Å². The van der Waals surface area contributed by atoms with Gasteiger partial charge in [0.05, 0.1) is 24.0 Å². The average molecular weight is 415 g/mol. The first-order valence-electron chi connectivity index (χ1n) is 9.21. The van der Waals surface area contributed by atoms with Gasteiger partial charge in [-0.15, -0.1) is 0 Å². The number of hydrogen-bond acceptors (Lipinski definition) is 4. The van der Waals surface area contributed by atoms with Crippen LogP contribution in [-0.2, 0) is 21.1 Å². The number of carbonyl (C=O) groups excluding carboxylic acids is 1. The molecule has 1 amide bonds. The van der Waals surface area contributed by atoms with Crippen LogP contribution in [0, 0.1) is 13.8 Å². The molecule has 2 atom stereocenters. The molecular formula is C21H22N2O3S2. The number of carbonyl (C=O) groups is 1. The number of aryl methyl sites for hydroxylation is 2. The predicted octanol–water partition coefficient (Wildman–Crippen LogP) is 3.15. The van der Waals surface area contributed by atoms with Crippen LogP contribution in [0.25, 0.3) is 0 Å². The minimum atomic E-state index is -3.07. The predicted molar refractivity (Wildman–Crippen MR) is 115 cm³/mol. The van der Waals surface area contributed by atoms with Crippen LogP contribution in [0.5, 0.6) is 0 Å². The highest BCUT2D eigenvalue weighted by Crippen LogP contribution is 2.41. The Labute approximate surface area is 169 Å². The van der Waals surface area contributed by atoms with E-state index in [4.69, 9.17) is 0 Å². The van der Waals surface area contributed by atoms with Gasteiger partial charge in [-0.1, -0.05) is 48.2 Å². The number of amidine groups is 1. The van der Waals surface area contributed by atoms with E-state index in [0.29, 0.717) is 5.17 Å². The third-order valence-electron chi connectivity index (χ3n) is 4.97. The number of sulfone groups is 1. The molecule has 7 heteroatoms. The van der Waals surface area contributed by atoms with E-state index in [1.54, 1.807) is 0 Å². The van der Waals surface area contributed by atoms with Crippen LogP contribution >= 0.6 is 11.8 Å². The SMILES string of the molecule is Cc1cc(C)cc(N2C(=NC(=O)Cc3ccccc3)SC3CS(=O)(=O)CC32)c1. The van der Waals surface area contributed by atoms with Gasteiger partial charge in [0.15, 0.2) is 15.0 Å². The summed E-state index contributed by atoms with van der Waals surface area (Å²) in [5.41, 5.74) is 4.01. The number of thioether (sulfide) groups is 1. The van der Waals surface area contributed by atoms with Gasteiger partial charge in [-0.3, -0.25) is 4.79 Å². The van der Waals surface area contributed by atoms with Crippen LogP contribution in [0.1, 0.15) is 16.7 Å². The van der Waals surface area contributed by atoms with Gasteiger partial charge in [-0.05, 0) is 42.7 Å². The van der Waals surface area contributed by atoms with Gasteiger partial charge in [-0.2, -0.15) is 4.99 Å². The summed E-state index contributed by atoms with van der Waals surface area (Å²) in [5.74, 6) is 0.0184. The van der Waals surface area contributed by atoms with Crippen molar-refractivity contribution in [3.8, 4) is 0 Å². The fourth-order valence-corrected chi connectivity index (χ4v) is 7.80. The Morgan fingerprint density at radius 3 is 2.46 bits per heavy atom. The Kier molecular flexibility index (Phi) is 5.05. The summed E-state index contributed by atoms with van der Waals surface area (Å²) >= 11 is 1.41. The smallest absolute Gasteiger partial charge is 0.252 e. The van der Waals surface area contributed by atoms with Crippen LogP contribution in [0.2, 0.25) is 0 Å². The van der Waals surface area contributed by atoms with E-state index in [1.807, 2.05) is 61.2 Å². The Hall–Kier alpha value is -2.12. The first-order valence-corrected chi connectivity index (χ1v) is 11.9. The number of hydrogen-bond donors (Lipinski definition) is 0. The maximum Gasteiger partial charge on any atom is 0.252 e. The van der Waals surface area contributed by atoms with Crippen molar-refractivity contribution in [3.05, 3.63) is 65.2 Å². The van der Waals surface area contributed by atoms with Crippen LogP contribution in [0.3, 0.4) is 0 Å². The molecule has 28 heavy (non-hydrogen) atoms. The molecule has 2 fully saturated rings. The first kappa shape index (κ1) is 19.2. The molecule has 2 aromatic carbocycles. The van der Waals surface area contributed by atoms with Gasteiger partial charge < -0.3 is 4.90 Å². The second-order valence-corrected chi connectivity index (χ2v) is 10.8. The van der Waals surface area contributed by atoms with Crippen LogP contribution in [-0.4, -0.2) is 42.3 Å². The molecule has 0 N–H and O–H groups in total. The summed E-state index contributed by atoms with van der Waals surface area (Å²) in [7, 11) is -3.07. The van der Waals surface area contributed by atoms with Gasteiger partial charge in [-0.25, -0.2) is 8.42 Å². The van der Waals surface area contributed by atoms with Crippen molar-refractivity contribution in [2.75, 3.05) is 16.4 Å². The number of amides is 1. The Balaban J connectivity index is 1.68. The standard InChI is InChI=1S/C21H22N2O3S2/c1-14-8-15(2)10-17(9-14)23-18-12-28(25,26)13-19(18)27-21(23)22-20(24)11-16-6-4-3-5-7-16/h3-10,18-19H,11-13H2,1-2H3. The lowest BCUT2D eigenvalue weighted by atomic mass is 10.1. The molecule has 5 nitrogen and oxygen atoms in total. The van der Waals surface area contributed by atoms with E-state index in [-0.39, 0.29) is 35.1 Å². The summed E-state index contributed by atoms with van der Waals surface area (Å²) in [6.07, 6.45) is 0.235. The maximum absolute atomic E-state index is 12.6. The Morgan fingerprint density at radius 1 is 1.11 bits per heavy atom. The highest BCUT2D eigenvalue weighted by atomic mass is 32.2. The maximum atomic E-state index is 12.6. The largest absolute Gasteiger partial charge is 0.316 e. The van der Waals surface area contributed by atoms with E-state index in [0.717, 1.165) is 22.4 Å². The Morgan fingerprint density at radius 2 is 1.79 bits per heavy atom. The zero-order valence-electron chi connectivity index (χ0n) is 15.8. The number of anilines is 1. The van der Waals surface area contributed by atoms with E-state index in [9.17, 15) is 13.2 Å². The number of benzene rings is 2. The van der Waals surface area contributed by atoms with Crippen LogP contribution < -0.4 is 4.90 Å². The zero-order valence-corrected chi connectivity index (χ0v) is 17.5. The van der Waals surface area contributed by atoms with Gasteiger partial charge in [0, 0.05) is 10.9 Å². The molecule has 0 aromatic heterocycles. The van der Waals surface area contributed by atoms with E-state index in [1.165, 1.54) is 11.8 Å². The molecule has 2 heterocycles. The summed E-state index contributed by atoms with van der Waals surface area (Å²) in [5, 5.41) is 0.518. The van der Waals surface area contributed by atoms with Gasteiger partial charge in [0.25, 0.3) is 5.91 Å². The monoisotopic (exact) mass is 414 g/mol. The lowest BCUT2D eigenvalue weighted by Gasteiger charge is -2.25. The highest BCUT2D eigenvalue weighted by molar-refractivity contribution is 8.16. The van der Waals surface area contributed by atoms with Crippen molar-refractivity contribution >= 4 is 38.4 Å². The van der Waals surface area contributed by atoms with Crippen LogP contribution in [0.15, 0.2) is 53.5 Å². The molecule has 2 aliphatic rings. The molecule has 2 aliphatic heterocycles. The highest BCUT2D eigenvalue weighted by Gasteiger charge is 2.49. The average Bonchev–Trinajstić information content (AvgIpc) is 3.05. The molecule has 0 spiro atoms. The zero-order chi connectivity index (χ0) is 19.9. The van der Waals surface area contributed by atoms with Crippen molar-refractivity contribution in [1.82, 2.24) is 0 Å². The number of aliphatic imine (C=N–C) groups is 1. The summed E-state index contributed by atoms with van der Waals surface area (Å²) in [4.78, 5) is 18.9. The molecule has 2 unspecified atom stereocenters. The quantitative estimate of drug-likeness (QED) is 0.772. The summed E-state index contributed by atoms with van der Waals surface area (Å²) < 4.78 is 24.4. The molecule has 146 valence electrons. The minimum absolute atomic E-state index is 0.0888. The Bertz CT molecular complexity index is 1030. The van der Waals surface area contributed by atoms with E-state index in [2.05, 4.69) is 11.1 Å². The summed E-state index contributed by atoms with van der Waals surface area (Å²) in [6, 6.07) is 15.5. The lowest BCUT2D eigenvalue weighted by molar-refractivity contribution is -0.117.